The van der Waals surface area contributed by atoms with E-state index in [1.165, 1.54) is 18.2 Å². The molecule has 5 nitrogen and oxygen atoms in total. The van der Waals surface area contributed by atoms with Crippen LogP contribution in [0.3, 0.4) is 0 Å². The normalized spacial score (nSPS) is 14.5. The fraction of sp³-hybridized carbons (Fsp3) is 0.278. The minimum atomic E-state index is -3.91. The molecule has 1 aliphatic rings. The van der Waals surface area contributed by atoms with Gasteiger partial charge in [0.25, 0.3) is 15.9 Å². The minimum Gasteiger partial charge on any atom is -0.339 e. The Morgan fingerprint density at radius 3 is 2.50 bits per heavy atom. The summed E-state index contributed by atoms with van der Waals surface area (Å²) in [5, 5.41) is 0.374. The number of sulfonamides is 1. The van der Waals surface area contributed by atoms with Crippen LogP contribution in [0.25, 0.3) is 0 Å². The van der Waals surface area contributed by atoms with E-state index in [4.69, 9.17) is 23.2 Å². The number of aryl methyl sites for hydroxylation is 1. The number of carbonyl (C=O) groups excluding carboxylic acids is 1. The molecule has 1 saturated heterocycles. The number of nitrogens with zero attached hydrogens (tertiary/aromatic N) is 1. The van der Waals surface area contributed by atoms with E-state index < -0.39 is 10.0 Å². The average molecular weight is 413 g/mol. The number of halogens is 2. The van der Waals surface area contributed by atoms with Gasteiger partial charge in [0.1, 0.15) is 0 Å². The summed E-state index contributed by atoms with van der Waals surface area (Å²) in [6, 6.07) is 9.21. The van der Waals surface area contributed by atoms with Crippen LogP contribution in [0.4, 0.5) is 5.69 Å². The lowest BCUT2D eigenvalue weighted by Gasteiger charge is -2.18. The van der Waals surface area contributed by atoms with Gasteiger partial charge >= 0.3 is 0 Å². The van der Waals surface area contributed by atoms with Gasteiger partial charge in [-0.3, -0.25) is 9.52 Å². The van der Waals surface area contributed by atoms with Gasteiger partial charge in [0, 0.05) is 18.7 Å². The number of amides is 1. The summed E-state index contributed by atoms with van der Waals surface area (Å²) in [4.78, 5) is 14.4. The smallest absolute Gasteiger partial charge is 0.261 e. The summed E-state index contributed by atoms with van der Waals surface area (Å²) in [6.07, 6.45) is 1.94. The topological polar surface area (TPSA) is 66.5 Å². The van der Waals surface area contributed by atoms with Gasteiger partial charge < -0.3 is 4.90 Å². The predicted octanol–water partition coefficient (Wildman–Crippen LogP) is 4.34. The molecule has 3 rings (SSSR count). The molecular formula is C18H18Cl2N2O3S. The van der Waals surface area contributed by atoms with E-state index in [9.17, 15) is 13.2 Å². The standard InChI is InChI=1S/C18H18Cl2N2O3S/c1-12-7-8-13(11-14(12)18(23)22-9-2-3-10-22)26(24,25)21-16-6-4-5-15(19)17(16)20/h4-8,11,21H,2-3,9-10H2,1H3. The van der Waals surface area contributed by atoms with E-state index in [1.54, 1.807) is 30.0 Å². The Kier molecular flexibility index (Phi) is 5.46. The van der Waals surface area contributed by atoms with Crippen molar-refractivity contribution in [3.63, 3.8) is 0 Å². The van der Waals surface area contributed by atoms with Crippen LogP contribution in [0.15, 0.2) is 41.3 Å². The Labute approximate surface area is 163 Å². The Hall–Kier alpha value is -1.76. The molecule has 0 atom stereocenters. The van der Waals surface area contributed by atoms with Crippen LogP contribution in [0.5, 0.6) is 0 Å². The van der Waals surface area contributed by atoms with E-state index in [1.807, 2.05) is 0 Å². The molecule has 138 valence electrons. The zero-order valence-electron chi connectivity index (χ0n) is 14.1. The summed E-state index contributed by atoms with van der Waals surface area (Å²) in [5.74, 6) is -0.141. The molecule has 1 aliphatic heterocycles. The molecule has 0 aliphatic carbocycles. The molecule has 0 aromatic heterocycles. The van der Waals surface area contributed by atoms with Crippen molar-refractivity contribution in [2.24, 2.45) is 0 Å². The van der Waals surface area contributed by atoms with E-state index in [0.29, 0.717) is 18.7 Å². The molecule has 26 heavy (non-hydrogen) atoms. The fourth-order valence-corrected chi connectivity index (χ4v) is 4.38. The van der Waals surface area contributed by atoms with Crippen molar-refractivity contribution in [3.8, 4) is 0 Å². The maximum absolute atomic E-state index is 12.7. The Bertz CT molecular complexity index is 955. The van der Waals surface area contributed by atoms with Crippen molar-refractivity contribution in [1.82, 2.24) is 4.90 Å². The Balaban J connectivity index is 1.94. The summed E-state index contributed by atoms with van der Waals surface area (Å²) in [7, 11) is -3.91. The molecule has 1 heterocycles. The summed E-state index contributed by atoms with van der Waals surface area (Å²) >= 11 is 12.0. The zero-order chi connectivity index (χ0) is 18.9. The van der Waals surface area contributed by atoms with Crippen molar-refractivity contribution < 1.29 is 13.2 Å². The molecule has 8 heteroatoms. The first kappa shape index (κ1) is 19.0. The number of carbonyl (C=O) groups is 1. The third kappa shape index (κ3) is 3.82. The lowest BCUT2D eigenvalue weighted by Crippen LogP contribution is -2.28. The molecule has 2 aromatic carbocycles. The van der Waals surface area contributed by atoms with Gasteiger partial charge in [-0.25, -0.2) is 8.42 Å². The molecule has 1 amide bonds. The molecule has 0 spiro atoms. The van der Waals surface area contributed by atoms with Crippen LogP contribution < -0.4 is 4.72 Å². The first-order valence-electron chi connectivity index (χ1n) is 8.16. The average Bonchev–Trinajstić information content (AvgIpc) is 3.13. The van der Waals surface area contributed by atoms with Gasteiger partial charge in [-0.2, -0.15) is 0 Å². The first-order chi connectivity index (χ1) is 12.3. The van der Waals surface area contributed by atoms with Crippen molar-refractivity contribution in [1.29, 1.82) is 0 Å². The number of nitrogens with one attached hydrogen (secondary N) is 1. The quantitative estimate of drug-likeness (QED) is 0.811. The molecule has 0 bridgehead atoms. The first-order valence-corrected chi connectivity index (χ1v) is 10.4. The van der Waals surface area contributed by atoms with E-state index in [0.717, 1.165) is 18.4 Å². The van der Waals surface area contributed by atoms with Crippen LogP contribution >= 0.6 is 23.2 Å². The molecule has 0 radical (unpaired) electrons. The number of hydrogen-bond acceptors (Lipinski definition) is 3. The van der Waals surface area contributed by atoms with Gasteiger partial charge in [-0.05, 0) is 49.6 Å². The van der Waals surface area contributed by atoms with Crippen molar-refractivity contribution in [2.75, 3.05) is 17.8 Å². The van der Waals surface area contributed by atoms with E-state index in [2.05, 4.69) is 4.72 Å². The highest BCUT2D eigenvalue weighted by molar-refractivity contribution is 7.92. The SMILES string of the molecule is Cc1ccc(S(=O)(=O)Nc2cccc(Cl)c2Cl)cc1C(=O)N1CCCC1. The third-order valence-electron chi connectivity index (χ3n) is 4.34. The fourth-order valence-electron chi connectivity index (χ4n) is 2.88. The molecule has 0 unspecified atom stereocenters. The highest BCUT2D eigenvalue weighted by atomic mass is 35.5. The molecule has 1 N–H and O–H groups in total. The predicted molar refractivity (Wildman–Crippen MR) is 104 cm³/mol. The monoisotopic (exact) mass is 412 g/mol. The maximum atomic E-state index is 12.7. The third-order valence-corrected chi connectivity index (χ3v) is 6.52. The Morgan fingerprint density at radius 1 is 1.12 bits per heavy atom. The van der Waals surface area contributed by atoms with Crippen LogP contribution in [0.2, 0.25) is 10.0 Å². The van der Waals surface area contributed by atoms with E-state index in [-0.39, 0.29) is 26.5 Å². The second kappa shape index (κ2) is 7.47. The van der Waals surface area contributed by atoms with Gasteiger partial charge in [-0.15, -0.1) is 0 Å². The number of benzene rings is 2. The van der Waals surface area contributed by atoms with Crippen LogP contribution in [-0.4, -0.2) is 32.3 Å². The Morgan fingerprint density at radius 2 is 1.81 bits per heavy atom. The number of anilines is 1. The molecule has 2 aromatic rings. The highest BCUT2D eigenvalue weighted by Gasteiger charge is 2.24. The number of likely N-dealkylation sites (tertiary alicyclic amines) is 1. The summed E-state index contributed by atoms with van der Waals surface area (Å²) in [6.45, 7) is 3.19. The largest absolute Gasteiger partial charge is 0.339 e. The van der Waals surface area contributed by atoms with Gasteiger partial charge in [0.15, 0.2) is 0 Å². The second-order valence-corrected chi connectivity index (χ2v) is 8.65. The van der Waals surface area contributed by atoms with Crippen molar-refractivity contribution in [2.45, 2.75) is 24.7 Å². The van der Waals surface area contributed by atoms with Gasteiger partial charge in [-0.1, -0.05) is 35.3 Å². The van der Waals surface area contributed by atoms with E-state index >= 15 is 0 Å². The van der Waals surface area contributed by atoms with Gasteiger partial charge in [0.05, 0.1) is 20.6 Å². The zero-order valence-corrected chi connectivity index (χ0v) is 16.5. The minimum absolute atomic E-state index is 0.00156. The molecular weight excluding hydrogens is 395 g/mol. The number of hydrogen-bond donors (Lipinski definition) is 1. The number of rotatable bonds is 4. The maximum Gasteiger partial charge on any atom is 0.261 e. The second-order valence-electron chi connectivity index (χ2n) is 6.18. The van der Waals surface area contributed by atoms with Crippen LogP contribution in [-0.2, 0) is 10.0 Å². The summed E-state index contributed by atoms with van der Waals surface area (Å²) < 4.78 is 27.9. The molecule has 1 fully saturated rings. The molecule has 0 saturated carbocycles. The highest BCUT2D eigenvalue weighted by Crippen LogP contribution is 2.31. The summed E-state index contributed by atoms with van der Waals surface area (Å²) in [5.41, 5.74) is 1.32. The lowest BCUT2D eigenvalue weighted by atomic mass is 10.1. The van der Waals surface area contributed by atoms with Gasteiger partial charge in [0.2, 0.25) is 0 Å². The lowest BCUT2D eigenvalue weighted by molar-refractivity contribution is 0.0792. The van der Waals surface area contributed by atoms with Crippen LogP contribution in [0.1, 0.15) is 28.8 Å². The van der Waals surface area contributed by atoms with Crippen LogP contribution in [0, 0.1) is 6.92 Å². The van der Waals surface area contributed by atoms with Crippen molar-refractivity contribution >= 4 is 44.8 Å². The van der Waals surface area contributed by atoms with Crippen molar-refractivity contribution in [3.05, 3.63) is 57.6 Å².